The van der Waals surface area contributed by atoms with Gasteiger partial charge in [-0.05, 0) is 42.4 Å². The van der Waals surface area contributed by atoms with Crippen LogP contribution in [0.5, 0.6) is 0 Å². The van der Waals surface area contributed by atoms with E-state index in [0.29, 0.717) is 18.9 Å². The van der Waals surface area contributed by atoms with Crippen molar-refractivity contribution in [2.24, 2.45) is 22.7 Å². The lowest BCUT2D eigenvalue weighted by Crippen LogP contribution is -2.61. The maximum atomic E-state index is 11.9. The van der Waals surface area contributed by atoms with E-state index >= 15 is 0 Å². The molecule has 1 heterocycles. The molecule has 19 heavy (non-hydrogen) atoms. The Bertz CT molecular complexity index is 418. The lowest BCUT2D eigenvalue weighted by atomic mass is 9.45. The van der Waals surface area contributed by atoms with E-state index in [2.05, 4.69) is 20.8 Å². The van der Waals surface area contributed by atoms with Gasteiger partial charge in [0.25, 0.3) is 0 Å². The first-order chi connectivity index (χ1) is 8.73. The van der Waals surface area contributed by atoms with E-state index in [9.17, 15) is 15.0 Å². The molecule has 4 nitrogen and oxygen atoms in total. The first kappa shape index (κ1) is 13.4. The van der Waals surface area contributed by atoms with Crippen LogP contribution in [0.15, 0.2) is 0 Å². The summed E-state index contributed by atoms with van der Waals surface area (Å²) >= 11 is 0. The number of carbonyl (C=O) groups is 1. The van der Waals surface area contributed by atoms with Crippen LogP contribution in [0.2, 0.25) is 0 Å². The van der Waals surface area contributed by atoms with Gasteiger partial charge in [-0.25, -0.2) is 4.79 Å². The highest BCUT2D eigenvalue weighted by molar-refractivity contribution is 5.82. The molecule has 5 atom stereocenters. The zero-order valence-corrected chi connectivity index (χ0v) is 12.0. The molecule has 0 bridgehead atoms. The van der Waals surface area contributed by atoms with E-state index in [-0.39, 0.29) is 22.9 Å². The number of aliphatic hydroxyl groups excluding tert-OH is 1. The molecule has 0 amide bonds. The summed E-state index contributed by atoms with van der Waals surface area (Å²) in [6, 6.07) is 0. The second-order valence-corrected chi connectivity index (χ2v) is 7.55. The van der Waals surface area contributed by atoms with E-state index in [4.69, 9.17) is 4.74 Å². The van der Waals surface area contributed by atoms with Crippen LogP contribution in [0.25, 0.3) is 0 Å². The molecule has 3 aliphatic rings. The van der Waals surface area contributed by atoms with Crippen LogP contribution < -0.4 is 0 Å². The maximum Gasteiger partial charge on any atom is 0.338 e. The van der Waals surface area contributed by atoms with E-state index in [0.717, 1.165) is 19.3 Å². The van der Waals surface area contributed by atoms with Crippen LogP contribution in [0.1, 0.15) is 46.5 Å². The van der Waals surface area contributed by atoms with E-state index < -0.39 is 11.6 Å². The molecule has 3 fully saturated rings. The van der Waals surface area contributed by atoms with Gasteiger partial charge in [0.2, 0.25) is 0 Å². The highest BCUT2D eigenvalue weighted by atomic mass is 16.6. The second kappa shape index (κ2) is 3.73. The van der Waals surface area contributed by atoms with E-state index in [1.165, 1.54) is 0 Å². The molecule has 0 spiro atoms. The number of rotatable bonds is 0. The molecule has 2 saturated carbocycles. The number of cyclic esters (lactones) is 1. The van der Waals surface area contributed by atoms with Gasteiger partial charge < -0.3 is 14.9 Å². The number of hydrogen-bond acceptors (Lipinski definition) is 4. The molecule has 0 unspecified atom stereocenters. The van der Waals surface area contributed by atoms with Crippen molar-refractivity contribution in [2.75, 3.05) is 6.61 Å². The molecule has 1 saturated heterocycles. The van der Waals surface area contributed by atoms with Gasteiger partial charge in [0.1, 0.15) is 0 Å². The minimum atomic E-state index is -1.29. The summed E-state index contributed by atoms with van der Waals surface area (Å²) in [7, 11) is 0. The molecule has 0 aromatic heterocycles. The van der Waals surface area contributed by atoms with Crippen molar-refractivity contribution in [2.45, 2.75) is 58.2 Å². The Morgan fingerprint density at radius 3 is 2.53 bits per heavy atom. The average molecular weight is 268 g/mol. The zero-order valence-electron chi connectivity index (χ0n) is 12.0. The molecule has 108 valence electrons. The van der Waals surface area contributed by atoms with Gasteiger partial charge in [-0.2, -0.15) is 0 Å². The third kappa shape index (κ3) is 1.50. The summed E-state index contributed by atoms with van der Waals surface area (Å²) in [6.45, 7) is 6.72. The fourth-order valence-electron chi connectivity index (χ4n) is 5.14. The standard InChI is InChI=1S/C15H24O4/c1-13(2)9-4-7-15(18)10(8-19-12(15)17)14(9,3)6-5-11(13)16/h9-11,16,18H,4-8H2,1-3H3/t9-,10+,11+,14-,15+/m0/s1. The minimum Gasteiger partial charge on any atom is -0.463 e. The maximum absolute atomic E-state index is 11.9. The fourth-order valence-corrected chi connectivity index (χ4v) is 5.14. The van der Waals surface area contributed by atoms with Gasteiger partial charge in [-0.3, -0.25) is 0 Å². The van der Waals surface area contributed by atoms with Crippen LogP contribution in [0, 0.1) is 22.7 Å². The summed E-state index contributed by atoms with van der Waals surface area (Å²) in [5, 5.41) is 21.0. The van der Waals surface area contributed by atoms with E-state index in [1.807, 2.05) is 0 Å². The average Bonchev–Trinajstić information content (AvgIpc) is 2.63. The molecule has 1 aliphatic heterocycles. The molecule has 0 aromatic carbocycles. The molecular weight excluding hydrogens is 244 g/mol. The van der Waals surface area contributed by atoms with Crippen molar-refractivity contribution in [1.29, 1.82) is 0 Å². The van der Waals surface area contributed by atoms with Gasteiger partial charge in [0.05, 0.1) is 12.7 Å². The highest BCUT2D eigenvalue weighted by Gasteiger charge is 2.66. The van der Waals surface area contributed by atoms with Crippen LogP contribution in [0.3, 0.4) is 0 Å². The van der Waals surface area contributed by atoms with Crippen LogP contribution in [-0.4, -0.2) is 34.5 Å². The van der Waals surface area contributed by atoms with Crippen LogP contribution >= 0.6 is 0 Å². The summed E-state index contributed by atoms with van der Waals surface area (Å²) in [4.78, 5) is 11.9. The molecule has 4 heteroatoms. The third-order valence-corrected chi connectivity index (χ3v) is 6.43. The Labute approximate surface area is 114 Å². The smallest absolute Gasteiger partial charge is 0.338 e. The van der Waals surface area contributed by atoms with Crippen molar-refractivity contribution in [3.63, 3.8) is 0 Å². The SMILES string of the molecule is CC1(C)[C@H](O)CC[C@]2(C)[C@H]3COC(=O)[C@@]3(O)CC[C@@H]12. The molecule has 2 aliphatic carbocycles. The second-order valence-electron chi connectivity index (χ2n) is 7.55. The van der Waals surface area contributed by atoms with Gasteiger partial charge >= 0.3 is 5.97 Å². The fraction of sp³-hybridized carbons (Fsp3) is 0.933. The van der Waals surface area contributed by atoms with Crippen molar-refractivity contribution >= 4 is 5.97 Å². The summed E-state index contributed by atoms with van der Waals surface area (Å²) < 4.78 is 5.16. The van der Waals surface area contributed by atoms with Gasteiger partial charge in [-0.1, -0.05) is 20.8 Å². The van der Waals surface area contributed by atoms with Gasteiger partial charge in [0, 0.05) is 5.92 Å². The normalized spacial score (nSPS) is 52.3. The largest absolute Gasteiger partial charge is 0.463 e. The molecule has 0 aromatic rings. The van der Waals surface area contributed by atoms with Crippen molar-refractivity contribution in [3.05, 3.63) is 0 Å². The Hall–Kier alpha value is -0.610. The highest BCUT2D eigenvalue weighted by Crippen LogP contribution is 2.63. The van der Waals surface area contributed by atoms with Gasteiger partial charge in [0.15, 0.2) is 5.60 Å². The number of ether oxygens (including phenoxy) is 1. The monoisotopic (exact) mass is 268 g/mol. The van der Waals surface area contributed by atoms with Crippen LogP contribution in [0.4, 0.5) is 0 Å². The Kier molecular flexibility index (Phi) is 2.63. The number of carbonyl (C=O) groups excluding carboxylic acids is 1. The molecule has 2 N–H and O–H groups in total. The summed E-state index contributed by atoms with van der Waals surface area (Å²) in [5.41, 5.74) is -1.58. The Morgan fingerprint density at radius 1 is 1.16 bits per heavy atom. The van der Waals surface area contributed by atoms with Gasteiger partial charge in [-0.15, -0.1) is 0 Å². The number of aliphatic hydroxyl groups is 2. The predicted molar refractivity (Wildman–Crippen MR) is 69.3 cm³/mol. The first-order valence-corrected chi connectivity index (χ1v) is 7.30. The molecule has 3 rings (SSSR count). The van der Waals surface area contributed by atoms with E-state index in [1.54, 1.807) is 0 Å². The minimum absolute atomic E-state index is 0.123. The topological polar surface area (TPSA) is 66.8 Å². The zero-order chi connectivity index (χ0) is 14.1. The first-order valence-electron chi connectivity index (χ1n) is 7.30. The number of fused-ring (bicyclic) bond motifs is 3. The van der Waals surface area contributed by atoms with Crippen molar-refractivity contribution in [3.8, 4) is 0 Å². The van der Waals surface area contributed by atoms with Crippen molar-refractivity contribution in [1.82, 2.24) is 0 Å². The van der Waals surface area contributed by atoms with Crippen molar-refractivity contribution < 1.29 is 19.7 Å². The summed E-state index contributed by atoms with van der Waals surface area (Å²) in [6.07, 6.45) is 2.54. The lowest BCUT2D eigenvalue weighted by molar-refractivity contribution is -0.189. The quantitative estimate of drug-likeness (QED) is 0.653. The number of hydrogen-bond donors (Lipinski definition) is 2. The molecular formula is C15H24O4. The molecule has 0 radical (unpaired) electrons. The third-order valence-electron chi connectivity index (χ3n) is 6.43. The Balaban J connectivity index is 2.01. The lowest BCUT2D eigenvalue weighted by Gasteiger charge is -2.59. The Morgan fingerprint density at radius 2 is 1.84 bits per heavy atom. The predicted octanol–water partition coefficient (Wildman–Crippen LogP) is 1.49. The summed E-state index contributed by atoms with van der Waals surface area (Å²) in [5.74, 6) is -0.248. The van der Waals surface area contributed by atoms with Crippen LogP contribution in [-0.2, 0) is 9.53 Å². The number of esters is 1.